The second-order valence-electron chi connectivity index (χ2n) is 26.4. The van der Waals surface area contributed by atoms with Crippen molar-refractivity contribution < 1.29 is 82.7 Å². The van der Waals surface area contributed by atoms with Crippen LogP contribution in [0.4, 0.5) is 0 Å². The SMILES string of the molecule is CCCCCCCCCCCC(O)CC(=O)NC(CC(C)C)C(=O)NC(CCC(=O)O)C(=O)NC1C(=O)NC(C(C)C)C(=O)NC(CC(C)C)C(=O)NC(CO)C(=O)NC(CC(C)C)C(=O)NC(CC(C)C)C(=O)NC(CO)C(=O)NC(C(C)C)C(=O)OC1C. The van der Waals surface area contributed by atoms with Gasteiger partial charge in [0.05, 0.1) is 25.7 Å². The molecule has 10 amide bonds. The third-order valence-corrected chi connectivity index (χ3v) is 15.2. The first-order valence-corrected chi connectivity index (χ1v) is 32.5. The van der Waals surface area contributed by atoms with Crippen LogP contribution in [-0.2, 0) is 62.3 Å². The molecule has 1 saturated heterocycles. The molecule has 0 spiro atoms. The number of carbonyl (C=O) groups excluding carboxylic acids is 11. The number of aliphatic hydroxyl groups is 3. The van der Waals surface area contributed by atoms with E-state index in [1.165, 1.54) is 53.9 Å². The van der Waals surface area contributed by atoms with E-state index in [2.05, 4.69) is 60.1 Å². The highest BCUT2D eigenvalue weighted by molar-refractivity contribution is 5.99. The van der Waals surface area contributed by atoms with Crippen LogP contribution in [0.15, 0.2) is 0 Å². The average molecular weight is 1280 g/mol. The number of ether oxygens (including phenoxy) is 1. The maximum atomic E-state index is 14.8. The molecule has 0 aromatic carbocycles. The summed E-state index contributed by atoms with van der Waals surface area (Å²) in [6.45, 7) is 21.5. The standard InChI is InChI=1S/C63H112N10O17/c1-15-16-17-18-19-20-21-22-23-24-41(76)31-49(77)64-43(27-34(2)3)55(81)65-42(25-26-50(78)79)54(80)73-53-40(14)90-63(89)52(39(12)13)72-60(86)48(33-75)70-57(83)45(29-36(6)7)66-56(82)44(28-35(4)5)67-59(85)47(32-74)69-58(84)46(30-37(8)9)68-61(87)51(38(10)11)71-62(53)88/h34-48,51-53,74-76H,15-33H2,1-14H3,(H,64,77)(H,65,81)(H,66,82)(H,67,85)(H,68,87)(H,69,84)(H,70,83)(H,71,88)(H,72,86)(H,73,80)(H,78,79). The molecule has 1 rings (SSSR count). The Labute approximate surface area is 532 Å². The monoisotopic (exact) mass is 1280 g/mol. The van der Waals surface area contributed by atoms with Gasteiger partial charge in [-0.3, -0.25) is 52.7 Å². The first kappa shape index (κ1) is 81.5. The molecule has 0 aromatic rings. The molecule has 0 radical (unpaired) electrons. The van der Waals surface area contributed by atoms with Gasteiger partial charge in [-0.2, -0.15) is 0 Å². The molecule has 14 N–H and O–H groups in total. The van der Waals surface area contributed by atoms with E-state index in [9.17, 15) is 78.0 Å². The number of rotatable bonds is 32. The van der Waals surface area contributed by atoms with Crippen molar-refractivity contribution in [3.63, 3.8) is 0 Å². The summed E-state index contributed by atoms with van der Waals surface area (Å²) >= 11 is 0. The highest BCUT2D eigenvalue weighted by Crippen LogP contribution is 2.17. The number of unbranched alkanes of at least 4 members (excludes halogenated alkanes) is 8. The molecule has 1 heterocycles. The first-order chi connectivity index (χ1) is 42.1. The van der Waals surface area contributed by atoms with Gasteiger partial charge in [0.1, 0.15) is 66.5 Å². The van der Waals surface area contributed by atoms with E-state index in [1.807, 2.05) is 0 Å². The molecule has 1 aliphatic rings. The summed E-state index contributed by atoms with van der Waals surface area (Å²) < 4.78 is 5.82. The van der Waals surface area contributed by atoms with Crippen LogP contribution in [0, 0.1) is 35.5 Å². The Hall–Kier alpha value is -6.48. The van der Waals surface area contributed by atoms with Crippen molar-refractivity contribution in [3.8, 4) is 0 Å². The third kappa shape index (κ3) is 31.5. The summed E-state index contributed by atoms with van der Waals surface area (Å²) in [5, 5.41) is 66.8. The van der Waals surface area contributed by atoms with Crippen LogP contribution in [0.3, 0.4) is 0 Å². The van der Waals surface area contributed by atoms with E-state index in [0.717, 1.165) is 32.1 Å². The number of hydrogen-bond donors (Lipinski definition) is 14. The van der Waals surface area contributed by atoms with Gasteiger partial charge in [-0.15, -0.1) is 0 Å². The van der Waals surface area contributed by atoms with E-state index in [0.29, 0.717) is 12.8 Å². The Balaban J connectivity index is 3.98. The minimum atomic E-state index is -1.99. The van der Waals surface area contributed by atoms with E-state index in [-0.39, 0.29) is 55.8 Å². The zero-order valence-corrected chi connectivity index (χ0v) is 55.9. The molecule has 12 unspecified atom stereocenters. The van der Waals surface area contributed by atoms with Crippen molar-refractivity contribution in [2.45, 2.75) is 279 Å². The number of carbonyl (C=O) groups is 12. The molecule has 516 valence electrons. The summed E-state index contributed by atoms with van der Waals surface area (Å²) in [7, 11) is 0. The third-order valence-electron chi connectivity index (χ3n) is 15.2. The molecule has 90 heavy (non-hydrogen) atoms. The summed E-state index contributed by atoms with van der Waals surface area (Å²) in [6, 6.07) is -15.7. The quantitative estimate of drug-likeness (QED) is 0.0337. The highest BCUT2D eigenvalue weighted by atomic mass is 16.5. The topological polar surface area (TPSA) is 415 Å². The van der Waals surface area contributed by atoms with Crippen LogP contribution in [0.25, 0.3) is 0 Å². The van der Waals surface area contributed by atoms with Crippen molar-refractivity contribution in [1.29, 1.82) is 0 Å². The first-order valence-electron chi connectivity index (χ1n) is 32.5. The van der Waals surface area contributed by atoms with Crippen LogP contribution in [0.2, 0.25) is 0 Å². The Kier molecular flexibility index (Phi) is 38.6. The van der Waals surface area contributed by atoms with Gasteiger partial charge < -0.3 is 78.3 Å². The number of carboxylic acids is 1. The van der Waals surface area contributed by atoms with Gasteiger partial charge in [0.25, 0.3) is 0 Å². The van der Waals surface area contributed by atoms with E-state index in [4.69, 9.17) is 4.74 Å². The van der Waals surface area contributed by atoms with Gasteiger partial charge >= 0.3 is 11.9 Å². The number of aliphatic hydroxyl groups excluding tert-OH is 3. The number of amides is 10. The van der Waals surface area contributed by atoms with E-state index < -0.39 is 182 Å². The molecule has 0 bridgehead atoms. The van der Waals surface area contributed by atoms with Crippen molar-refractivity contribution in [2.24, 2.45) is 35.5 Å². The van der Waals surface area contributed by atoms with Crippen molar-refractivity contribution in [1.82, 2.24) is 53.2 Å². The molecule has 27 nitrogen and oxygen atoms in total. The van der Waals surface area contributed by atoms with Crippen LogP contribution < -0.4 is 53.2 Å². The predicted octanol–water partition coefficient (Wildman–Crippen LogP) is 1.80. The molecule has 12 atom stereocenters. The van der Waals surface area contributed by atoms with Crippen molar-refractivity contribution >= 4 is 71.0 Å². The number of nitrogens with one attached hydrogen (secondary N) is 10. The Morgan fingerprint density at radius 3 is 1.32 bits per heavy atom. The van der Waals surface area contributed by atoms with Gasteiger partial charge in [0, 0.05) is 6.42 Å². The minimum Gasteiger partial charge on any atom is -0.481 e. The minimum absolute atomic E-state index is 0.00535. The number of aliphatic carboxylic acids is 1. The number of carboxylic acid groups (broad SMARTS) is 1. The van der Waals surface area contributed by atoms with Crippen LogP contribution in [0.1, 0.15) is 206 Å². The van der Waals surface area contributed by atoms with Crippen LogP contribution in [-0.4, -0.2) is 177 Å². The smallest absolute Gasteiger partial charge is 0.329 e. The van der Waals surface area contributed by atoms with Gasteiger partial charge in [-0.05, 0) is 81.0 Å². The van der Waals surface area contributed by atoms with Crippen molar-refractivity contribution in [3.05, 3.63) is 0 Å². The maximum absolute atomic E-state index is 14.8. The zero-order chi connectivity index (χ0) is 68.5. The molecular weight excluding hydrogens is 1170 g/mol. The number of esters is 1. The van der Waals surface area contributed by atoms with Crippen LogP contribution >= 0.6 is 0 Å². The number of hydrogen-bond acceptors (Lipinski definition) is 16. The lowest BCUT2D eigenvalue weighted by Crippen LogP contribution is -2.63. The van der Waals surface area contributed by atoms with Gasteiger partial charge in [-0.1, -0.05) is 148 Å². The molecule has 0 saturated carbocycles. The molecule has 0 aromatic heterocycles. The molecule has 1 aliphatic heterocycles. The Bertz CT molecular complexity index is 2320. The van der Waals surface area contributed by atoms with Gasteiger partial charge in [-0.25, -0.2) is 4.79 Å². The Morgan fingerprint density at radius 1 is 0.489 bits per heavy atom. The van der Waals surface area contributed by atoms with Gasteiger partial charge in [0.2, 0.25) is 59.1 Å². The molecular formula is C63H112N10O17. The van der Waals surface area contributed by atoms with E-state index >= 15 is 0 Å². The Morgan fingerprint density at radius 2 is 0.900 bits per heavy atom. The number of cyclic esters (lactones) is 1. The molecule has 0 aliphatic carbocycles. The largest absolute Gasteiger partial charge is 0.481 e. The fourth-order valence-electron chi connectivity index (χ4n) is 10.1. The summed E-state index contributed by atoms with van der Waals surface area (Å²) in [5.74, 6) is -14.8. The van der Waals surface area contributed by atoms with E-state index in [1.54, 1.807) is 55.4 Å². The second kappa shape index (κ2) is 42.6. The normalized spacial score (nSPS) is 23.5. The predicted molar refractivity (Wildman–Crippen MR) is 336 cm³/mol. The summed E-state index contributed by atoms with van der Waals surface area (Å²) in [5.41, 5.74) is 0. The van der Waals surface area contributed by atoms with Crippen molar-refractivity contribution in [2.75, 3.05) is 13.2 Å². The lowest BCUT2D eigenvalue weighted by molar-refractivity contribution is -0.157. The fourth-order valence-corrected chi connectivity index (χ4v) is 10.1. The zero-order valence-electron chi connectivity index (χ0n) is 55.9. The maximum Gasteiger partial charge on any atom is 0.329 e. The summed E-state index contributed by atoms with van der Waals surface area (Å²) in [4.78, 5) is 168. The van der Waals surface area contributed by atoms with Gasteiger partial charge in [0.15, 0.2) is 0 Å². The second-order valence-corrected chi connectivity index (χ2v) is 26.4. The molecule has 27 heteroatoms. The molecule has 1 fully saturated rings. The highest BCUT2D eigenvalue weighted by Gasteiger charge is 2.41. The lowest BCUT2D eigenvalue weighted by Gasteiger charge is -2.32. The summed E-state index contributed by atoms with van der Waals surface area (Å²) in [6.07, 6.45) is 5.57. The average Bonchev–Trinajstić information content (AvgIpc) is 1.42. The lowest BCUT2D eigenvalue weighted by atomic mass is 9.98. The fraction of sp³-hybridized carbons (Fsp3) is 0.810. The van der Waals surface area contributed by atoms with Crippen LogP contribution in [0.5, 0.6) is 0 Å².